The predicted molar refractivity (Wildman–Crippen MR) is 178 cm³/mol. The van der Waals surface area contributed by atoms with Gasteiger partial charge in [-0.3, -0.25) is 14.9 Å². The molecule has 242 valence electrons. The first-order valence-electron chi connectivity index (χ1n) is 16.3. The Labute approximate surface area is 281 Å². The van der Waals surface area contributed by atoms with Gasteiger partial charge in [0.05, 0.1) is 16.8 Å². The summed E-state index contributed by atoms with van der Waals surface area (Å²) in [5.41, 5.74) is 3.19. The van der Waals surface area contributed by atoms with Gasteiger partial charge in [-0.1, -0.05) is 18.2 Å². The lowest BCUT2D eigenvalue weighted by molar-refractivity contribution is -0.122. The third-order valence-electron chi connectivity index (χ3n) is 10.3. The van der Waals surface area contributed by atoms with E-state index in [0.717, 1.165) is 28.2 Å². The Kier molecular flexibility index (Phi) is 7.50. The quantitative estimate of drug-likeness (QED) is 0.195. The van der Waals surface area contributed by atoms with E-state index < -0.39 is 17.8 Å². The number of nitrogens with zero attached hydrogens (tertiary/aromatic N) is 1. The summed E-state index contributed by atoms with van der Waals surface area (Å²) in [5, 5.41) is 2.35. The van der Waals surface area contributed by atoms with Crippen LogP contribution in [0.5, 0.6) is 23.0 Å². The van der Waals surface area contributed by atoms with E-state index in [1.54, 1.807) is 12.1 Å². The van der Waals surface area contributed by atoms with Crippen LogP contribution in [0.4, 0.5) is 10.5 Å². The monoisotopic (exact) mass is 698 g/mol. The highest BCUT2D eigenvalue weighted by atomic mass is 79.9. The van der Waals surface area contributed by atoms with E-state index >= 15 is 0 Å². The maximum absolute atomic E-state index is 13.7. The lowest BCUT2D eigenvalue weighted by Crippen LogP contribution is -2.54. The Balaban J connectivity index is 1.04. The molecule has 0 radical (unpaired) electrons. The van der Waals surface area contributed by atoms with Crippen molar-refractivity contribution >= 4 is 45.5 Å². The van der Waals surface area contributed by atoms with Crippen LogP contribution in [-0.2, 0) is 21.6 Å². The Hall–Kier alpha value is -4.31. The number of benzene rings is 3. The highest BCUT2D eigenvalue weighted by molar-refractivity contribution is 9.10. The van der Waals surface area contributed by atoms with Gasteiger partial charge < -0.3 is 18.9 Å². The molecule has 2 heterocycles. The molecular formula is C37H35BrN2O7. The Morgan fingerprint density at radius 1 is 0.915 bits per heavy atom. The minimum atomic E-state index is -0.761. The van der Waals surface area contributed by atoms with Gasteiger partial charge in [0, 0.05) is 0 Å². The summed E-state index contributed by atoms with van der Waals surface area (Å²) >= 11 is 3.58. The molecule has 4 aliphatic carbocycles. The van der Waals surface area contributed by atoms with E-state index in [1.807, 2.05) is 37.3 Å². The van der Waals surface area contributed by atoms with Crippen molar-refractivity contribution in [1.29, 1.82) is 0 Å². The fourth-order valence-corrected chi connectivity index (χ4v) is 9.32. The first-order valence-corrected chi connectivity index (χ1v) is 17.1. The maximum Gasteiger partial charge on any atom is 0.335 e. The van der Waals surface area contributed by atoms with Crippen molar-refractivity contribution < 1.29 is 33.3 Å². The molecule has 0 atom stereocenters. The molecule has 9 rings (SSSR count). The van der Waals surface area contributed by atoms with Gasteiger partial charge in [-0.2, -0.15) is 0 Å². The minimum absolute atomic E-state index is 0.155. The molecule has 2 aliphatic heterocycles. The van der Waals surface area contributed by atoms with Crippen LogP contribution in [0.15, 0.2) is 64.6 Å². The number of hydrogen-bond donors (Lipinski definition) is 1. The van der Waals surface area contributed by atoms with Gasteiger partial charge in [0.15, 0.2) is 23.0 Å². The van der Waals surface area contributed by atoms with Crippen molar-refractivity contribution in [2.75, 3.05) is 18.3 Å². The van der Waals surface area contributed by atoms with Crippen LogP contribution in [0.1, 0.15) is 62.1 Å². The number of hydrogen-bond acceptors (Lipinski definition) is 7. The number of carbonyl (C=O) groups excluding carboxylic acids is 3. The standard InChI is InChI=1S/C37H35BrN2O7/c1-2-44-32-15-22(13-29(38)33(32)45-19-21-3-8-30-31(14-21)47-20-46-30)12-28-34(41)39-36(43)40(35(28)42)27-6-4-26(5-7-27)37-16-23-9-24(17-37)11-25(10-23)18-37/h3-8,12-15,23-25H,2,9-11,16-20H2,1H3,(H,39,41,43)/b28-12+. The van der Waals surface area contributed by atoms with Crippen LogP contribution in [0.3, 0.4) is 0 Å². The molecule has 1 saturated heterocycles. The zero-order chi connectivity index (χ0) is 32.3. The molecule has 10 heteroatoms. The van der Waals surface area contributed by atoms with Crippen LogP contribution in [0.25, 0.3) is 6.08 Å². The van der Waals surface area contributed by atoms with Crippen molar-refractivity contribution in [2.45, 2.75) is 57.5 Å². The number of nitrogens with one attached hydrogen (secondary N) is 1. The summed E-state index contributed by atoms with van der Waals surface area (Å²) < 4.78 is 23.5. The number of ether oxygens (including phenoxy) is 4. The zero-order valence-corrected chi connectivity index (χ0v) is 27.6. The molecule has 4 amide bonds. The number of anilines is 1. The smallest absolute Gasteiger partial charge is 0.335 e. The second-order valence-corrected chi connectivity index (χ2v) is 14.3. The summed E-state index contributed by atoms with van der Waals surface area (Å²) in [6.07, 6.45) is 9.24. The van der Waals surface area contributed by atoms with E-state index in [4.69, 9.17) is 18.9 Å². The van der Waals surface area contributed by atoms with Crippen molar-refractivity contribution in [3.63, 3.8) is 0 Å². The van der Waals surface area contributed by atoms with Gasteiger partial charge in [0.25, 0.3) is 11.8 Å². The Morgan fingerprint density at radius 2 is 1.62 bits per heavy atom. The molecule has 5 fully saturated rings. The van der Waals surface area contributed by atoms with Crippen molar-refractivity contribution in [3.05, 3.63) is 81.3 Å². The number of imide groups is 2. The molecule has 47 heavy (non-hydrogen) atoms. The van der Waals surface area contributed by atoms with Gasteiger partial charge >= 0.3 is 6.03 Å². The zero-order valence-electron chi connectivity index (χ0n) is 26.1. The van der Waals surface area contributed by atoms with E-state index in [2.05, 4.69) is 33.4 Å². The van der Waals surface area contributed by atoms with Gasteiger partial charge in [-0.15, -0.1) is 0 Å². The molecule has 4 bridgehead atoms. The van der Waals surface area contributed by atoms with Crippen LogP contribution in [-0.4, -0.2) is 31.2 Å². The molecule has 3 aromatic rings. The number of barbiturate groups is 1. The Morgan fingerprint density at radius 3 is 2.32 bits per heavy atom. The number of urea groups is 1. The molecule has 0 spiro atoms. The maximum atomic E-state index is 13.7. The summed E-state index contributed by atoms with van der Waals surface area (Å²) in [5.74, 6) is 3.27. The van der Waals surface area contributed by atoms with Crippen LogP contribution < -0.4 is 29.2 Å². The van der Waals surface area contributed by atoms with Crippen molar-refractivity contribution in [3.8, 4) is 23.0 Å². The summed E-state index contributed by atoms with van der Waals surface area (Å²) in [6.45, 7) is 2.66. The lowest BCUT2D eigenvalue weighted by atomic mass is 9.48. The molecule has 1 N–H and O–H groups in total. The summed E-state index contributed by atoms with van der Waals surface area (Å²) in [7, 11) is 0. The molecule has 6 aliphatic rings. The highest BCUT2D eigenvalue weighted by Crippen LogP contribution is 2.60. The molecule has 3 aromatic carbocycles. The number of halogens is 1. The van der Waals surface area contributed by atoms with Crippen LogP contribution in [0, 0.1) is 17.8 Å². The predicted octanol–water partition coefficient (Wildman–Crippen LogP) is 7.29. The van der Waals surface area contributed by atoms with E-state index in [0.29, 0.717) is 45.3 Å². The largest absolute Gasteiger partial charge is 0.490 e. The van der Waals surface area contributed by atoms with Crippen molar-refractivity contribution in [2.24, 2.45) is 17.8 Å². The van der Waals surface area contributed by atoms with E-state index in [1.165, 1.54) is 50.2 Å². The number of carbonyl (C=O) groups is 3. The van der Waals surface area contributed by atoms with Gasteiger partial charge in [-0.25, -0.2) is 9.69 Å². The first-order chi connectivity index (χ1) is 22.8. The fraction of sp³-hybridized carbons (Fsp3) is 0.378. The number of amides is 4. The summed E-state index contributed by atoms with van der Waals surface area (Å²) in [4.78, 5) is 40.8. The molecule has 9 nitrogen and oxygen atoms in total. The van der Waals surface area contributed by atoms with E-state index in [-0.39, 0.29) is 24.4 Å². The Bertz CT molecular complexity index is 1780. The number of fused-ring (bicyclic) bond motifs is 1. The SMILES string of the molecule is CCOc1cc(/C=C2\C(=O)NC(=O)N(c3ccc(C45CC6CC(CC(C6)C4)C5)cc3)C2=O)cc(Br)c1OCc1ccc2c(c1)OCO2. The summed E-state index contributed by atoms with van der Waals surface area (Å²) in [6, 6.07) is 16.1. The second kappa shape index (κ2) is 11.7. The van der Waals surface area contributed by atoms with Crippen LogP contribution >= 0.6 is 15.9 Å². The normalized spacial score (nSPS) is 26.6. The third kappa shape index (κ3) is 5.46. The van der Waals surface area contributed by atoms with E-state index in [9.17, 15) is 14.4 Å². The minimum Gasteiger partial charge on any atom is -0.490 e. The molecular weight excluding hydrogens is 664 g/mol. The first kappa shape index (κ1) is 30.1. The van der Waals surface area contributed by atoms with Gasteiger partial charge in [0.1, 0.15) is 12.2 Å². The number of rotatable bonds is 8. The topological polar surface area (TPSA) is 103 Å². The van der Waals surface area contributed by atoms with Gasteiger partial charge in [-0.05, 0) is 144 Å². The molecule has 0 aromatic heterocycles. The van der Waals surface area contributed by atoms with Crippen molar-refractivity contribution in [1.82, 2.24) is 5.32 Å². The average molecular weight is 700 g/mol. The van der Waals surface area contributed by atoms with Crippen LogP contribution in [0.2, 0.25) is 0 Å². The highest BCUT2D eigenvalue weighted by Gasteiger charge is 2.51. The molecule has 4 saturated carbocycles. The second-order valence-electron chi connectivity index (χ2n) is 13.4. The lowest BCUT2D eigenvalue weighted by Gasteiger charge is -2.57. The fourth-order valence-electron chi connectivity index (χ4n) is 8.75. The average Bonchev–Trinajstić information content (AvgIpc) is 3.51. The van der Waals surface area contributed by atoms with Gasteiger partial charge in [0.2, 0.25) is 6.79 Å². The third-order valence-corrected chi connectivity index (χ3v) is 10.9. The molecule has 0 unspecified atom stereocenters.